The highest BCUT2D eigenvalue weighted by Gasteiger charge is 2.15. The van der Waals surface area contributed by atoms with Gasteiger partial charge in [-0.25, -0.2) is 0 Å². The number of methoxy groups -OCH3 is 1. The molecule has 0 fully saturated rings. The van der Waals surface area contributed by atoms with E-state index in [0.29, 0.717) is 5.56 Å². The van der Waals surface area contributed by atoms with E-state index in [2.05, 4.69) is 0 Å². The molecule has 18 heavy (non-hydrogen) atoms. The number of amides is 1. The van der Waals surface area contributed by atoms with Gasteiger partial charge in [0, 0.05) is 26.3 Å². The van der Waals surface area contributed by atoms with Crippen LogP contribution < -0.4 is 0 Å². The lowest BCUT2D eigenvalue weighted by atomic mass is 10.1. The average Bonchev–Trinajstić information content (AvgIpc) is 2.38. The number of nitrogens with zero attached hydrogens (tertiary/aromatic N) is 1. The Hall–Kier alpha value is -1.43. The van der Waals surface area contributed by atoms with E-state index in [1.807, 2.05) is 0 Å². The van der Waals surface area contributed by atoms with Gasteiger partial charge in [0.15, 0.2) is 0 Å². The third-order valence-electron chi connectivity index (χ3n) is 2.57. The molecule has 1 aromatic carbocycles. The van der Waals surface area contributed by atoms with Crippen LogP contribution in [0.2, 0.25) is 0 Å². The monoisotopic (exact) mass is 253 g/mol. The zero-order valence-electron chi connectivity index (χ0n) is 10.7. The standard InChI is InChI=1S/C13H19NO4/c1-14(7-12(16)9-18-2)13(17)11-5-3-10(8-15)4-6-11/h3-6,12,15-16H,7-9H2,1-2H3. The van der Waals surface area contributed by atoms with Gasteiger partial charge in [0.25, 0.3) is 5.91 Å². The van der Waals surface area contributed by atoms with E-state index in [9.17, 15) is 9.90 Å². The Labute approximate surface area is 107 Å². The maximum atomic E-state index is 12.0. The van der Waals surface area contributed by atoms with Gasteiger partial charge in [-0.15, -0.1) is 0 Å². The first-order chi connectivity index (χ1) is 8.58. The number of carbonyl (C=O) groups excluding carboxylic acids is 1. The fourth-order valence-corrected chi connectivity index (χ4v) is 1.62. The molecular formula is C13H19NO4. The van der Waals surface area contributed by atoms with Crippen molar-refractivity contribution in [1.82, 2.24) is 4.90 Å². The molecule has 100 valence electrons. The number of carbonyl (C=O) groups is 1. The van der Waals surface area contributed by atoms with Crippen LogP contribution in [0.4, 0.5) is 0 Å². The van der Waals surface area contributed by atoms with Gasteiger partial charge in [-0.05, 0) is 17.7 Å². The summed E-state index contributed by atoms with van der Waals surface area (Å²) in [5, 5.41) is 18.5. The molecule has 0 aromatic heterocycles. The van der Waals surface area contributed by atoms with E-state index in [1.54, 1.807) is 31.3 Å². The number of rotatable bonds is 6. The summed E-state index contributed by atoms with van der Waals surface area (Å²) < 4.78 is 4.80. The highest BCUT2D eigenvalue weighted by Crippen LogP contribution is 2.07. The number of aliphatic hydroxyl groups is 2. The third kappa shape index (κ3) is 4.10. The van der Waals surface area contributed by atoms with Crippen LogP contribution in [-0.2, 0) is 11.3 Å². The normalized spacial score (nSPS) is 12.2. The van der Waals surface area contributed by atoms with Crippen molar-refractivity contribution in [2.75, 3.05) is 27.3 Å². The summed E-state index contributed by atoms with van der Waals surface area (Å²) in [6.07, 6.45) is -0.694. The zero-order chi connectivity index (χ0) is 13.5. The summed E-state index contributed by atoms with van der Waals surface area (Å²) in [6, 6.07) is 6.72. The molecule has 5 heteroatoms. The van der Waals surface area contributed by atoms with Crippen molar-refractivity contribution in [2.24, 2.45) is 0 Å². The molecule has 0 aliphatic carbocycles. The van der Waals surface area contributed by atoms with Crippen LogP contribution >= 0.6 is 0 Å². The Morgan fingerprint density at radius 1 is 1.39 bits per heavy atom. The van der Waals surface area contributed by atoms with Gasteiger partial charge in [0.2, 0.25) is 0 Å². The SMILES string of the molecule is COCC(O)CN(C)C(=O)c1ccc(CO)cc1. The van der Waals surface area contributed by atoms with Crippen LogP contribution in [0.15, 0.2) is 24.3 Å². The van der Waals surface area contributed by atoms with Gasteiger partial charge in [-0.1, -0.05) is 12.1 Å². The van der Waals surface area contributed by atoms with Crippen LogP contribution in [-0.4, -0.2) is 54.4 Å². The summed E-state index contributed by atoms with van der Waals surface area (Å²) in [4.78, 5) is 13.4. The first kappa shape index (κ1) is 14.6. The molecular weight excluding hydrogens is 234 g/mol. The van der Waals surface area contributed by atoms with Crippen LogP contribution in [0.25, 0.3) is 0 Å². The maximum absolute atomic E-state index is 12.0. The minimum absolute atomic E-state index is 0.0448. The van der Waals surface area contributed by atoms with Gasteiger partial charge in [0.1, 0.15) is 0 Å². The molecule has 1 unspecified atom stereocenters. The highest BCUT2D eigenvalue weighted by atomic mass is 16.5. The lowest BCUT2D eigenvalue weighted by Gasteiger charge is -2.20. The molecule has 0 radical (unpaired) electrons. The van der Waals surface area contributed by atoms with Crippen LogP contribution in [0.1, 0.15) is 15.9 Å². The summed E-state index contributed by atoms with van der Waals surface area (Å²) in [5.74, 6) is -0.172. The van der Waals surface area contributed by atoms with Crippen LogP contribution in [0, 0.1) is 0 Å². The van der Waals surface area contributed by atoms with E-state index in [0.717, 1.165) is 5.56 Å². The molecule has 1 rings (SSSR count). The van der Waals surface area contributed by atoms with Crippen LogP contribution in [0.3, 0.4) is 0 Å². The molecule has 1 atom stereocenters. The number of aliphatic hydroxyl groups excluding tert-OH is 2. The summed E-state index contributed by atoms with van der Waals surface area (Å²) in [5.41, 5.74) is 1.29. The van der Waals surface area contributed by atoms with E-state index in [-0.39, 0.29) is 25.7 Å². The zero-order valence-corrected chi connectivity index (χ0v) is 10.7. The van der Waals surface area contributed by atoms with Crippen molar-refractivity contribution in [3.05, 3.63) is 35.4 Å². The Kier molecular flexibility index (Phi) is 5.77. The number of benzene rings is 1. The second-order valence-corrected chi connectivity index (χ2v) is 4.15. The molecule has 0 bridgehead atoms. The van der Waals surface area contributed by atoms with Crippen molar-refractivity contribution >= 4 is 5.91 Å². The maximum Gasteiger partial charge on any atom is 0.253 e. The van der Waals surface area contributed by atoms with Crippen molar-refractivity contribution in [3.8, 4) is 0 Å². The molecule has 0 heterocycles. The predicted octanol–water partition coefficient (Wildman–Crippen LogP) is 0.258. The Balaban J connectivity index is 2.62. The molecule has 2 N–H and O–H groups in total. The van der Waals surface area contributed by atoms with E-state index in [1.165, 1.54) is 12.0 Å². The number of ether oxygens (including phenoxy) is 1. The number of hydrogen-bond donors (Lipinski definition) is 2. The summed E-state index contributed by atoms with van der Waals surface area (Å²) in [6.45, 7) is 0.367. The molecule has 1 aromatic rings. The van der Waals surface area contributed by atoms with Gasteiger partial charge >= 0.3 is 0 Å². The quantitative estimate of drug-likeness (QED) is 0.763. The van der Waals surface area contributed by atoms with Gasteiger partial charge < -0.3 is 19.8 Å². The Morgan fingerprint density at radius 3 is 2.50 bits per heavy atom. The van der Waals surface area contributed by atoms with Gasteiger partial charge in [-0.2, -0.15) is 0 Å². The third-order valence-corrected chi connectivity index (χ3v) is 2.57. The van der Waals surface area contributed by atoms with Crippen molar-refractivity contribution in [1.29, 1.82) is 0 Å². The second kappa shape index (κ2) is 7.10. The van der Waals surface area contributed by atoms with Gasteiger partial charge in [-0.3, -0.25) is 4.79 Å². The fraction of sp³-hybridized carbons (Fsp3) is 0.462. The first-order valence-electron chi connectivity index (χ1n) is 5.70. The van der Waals surface area contributed by atoms with Crippen molar-refractivity contribution < 1.29 is 19.7 Å². The molecule has 0 spiro atoms. The molecule has 0 aliphatic rings. The van der Waals surface area contributed by atoms with E-state index < -0.39 is 6.10 Å². The van der Waals surface area contributed by atoms with Crippen molar-refractivity contribution in [2.45, 2.75) is 12.7 Å². The number of hydrogen-bond acceptors (Lipinski definition) is 4. The molecule has 0 aliphatic heterocycles. The van der Waals surface area contributed by atoms with E-state index >= 15 is 0 Å². The van der Waals surface area contributed by atoms with E-state index in [4.69, 9.17) is 9.84 Å². The number of likely N-dealkylation sites (N-methyl/N-ethyl adjacent to an activating group) is 1. The summed E-state index contributed by atoms with van der Waals surface area (Å²) in [7, 11) is 3.12. The van der Waals surface area contributed by atoms with Crippen molar-refractivity contribution in [3.63, 3.8) is 0 Å². The highest BCUT2D eigenvalue weighted by molar-refractivity contribution is 5.94. The van der Waals surface area contributed by atoms with Gasteiger partial charge in [0.05, 0.1) is 19.3 Å². The molecule has 0 saturated heterocycles. The molecule has 0 saturated carbocycles. The lowest BCUT2D eigenvalue weighted by Crippen LogP contribution is -2.36. The molecule has 1 amide bonds. The minimum Gasteiger partial charge on any atom is -0.392 e. The second-order valence-electron chi connectivity index (χ2n) is 4.15. The Bertz CT molecular complexity index is 377. The molecule has 5 nitrogen and oxygen atoms in total. The minimum atomic E-state index is -0.694. The van der Waals surface area contributed by atoms with Crippen LogP contribution in [0.5, 0.6) is 0 Å². The average molecular weight is 253 g/mol. The Morgan fingerprint density at radius 2 is 2.00 bits per heavy atom. The first-order valence-corrected chi connectivity index (χ1v) is 5.70. The predicted molar refractivity (Wildman–Crippen MR) is 67.2 cm³/mol. The summed E-state index contributed by atoms with van der Waals surface area (Å²) >= 11 is 0. The smallest absolute Gasteiger partial charge is 0.253 e. The lowest BCUT2D eigenvalue weighted by molar-refractivity contribution is 0.0380. The fourth-order valence-electron chi connectivity index (χ4n) is 1.62. The largest absolute Gasteiger partial charge is 0.392 e. The topological polar surface area (TPSA) is 70.0 Å².